The Kier molecular flexibility index (Phi) is 58.3. The maximum Gasteiger partial charge on any atom is 0.220 e. The highest BCUT2D eigenvalue weighted by Crippen LogP contribution is 2.30. The number of unbranched alkanes of at least 4 members (excludes halogenated alkanes) is 51. The molecule has 0 saturated carbocycles. The summed E-state index contributed by atoms with van der Waals surface area (Å²) < 4.78 is 22.9. The van der Waals surface area contributed by atoms with Crippen LogP contribution in [0.15, 0.2) is 24.3 Å². The van der Waals surface area contributed by atoms with Crippen molar-refractivity contribution in [2.75, 3.05) is 19.8 Å². The van der Waals surface area contributed by atoms with Gasteiger partial charge in [-0.2, -0.15) is 0 Å². The van der Waals surface area contributed by atoms with Gasteiger partial charge in [0.2, 0.25) is 5.91 Å². The molecular formula is C77H147NO13. The zero-order valence-corrected chi connectivity index (χ0v) is 58.9. The van der Waals surface area contributed by atoms with Gasteiger partial charge in [-0.25, -0.2) is 0 Å². The van der Waals surface area contributed by atoms with Crippen molar-refractivity contribution in [1.29, 1.82) is 0 Å². The van der Waals surface area contributed by atoms with Crippen LogP contribution in [-0.4, -0.2) is 140 Å². The van der Waals surface area contributed by atoms with Gasteiger partial charge in [0, 0.05) is 6.42 Å². The first-order valence-electron chi connectivity index (χ1n) is 39.1. The maximum absolute atomic E-state index is 13.4. The second-order valence-electron chi connectivity index (χ2n) is 27.8. The van der Waals surface area contributed by atoms with Crippen LogP contribution in [0, 0.1) is 0 Å². The summed E-state index contributed by atoms with van der Waals surface area (Å²) in [5.41, 5.74) is 0. The molecule has 0 spiro atoms. The van der Waals surface area contributed by atoms with E-state index in [0.29, 0.717) is 6.42 Å². The largest absolute Gasteiger partial charge is 0.394 e. The SMILES string of the molecule is CCCCCCCCCC/C=C\CCCCCCCCCCCCCCCCCCCCCCCCCCCC(=O)NC(COC1OC(CO)C(OC2OC(CO)C(O)C(O)C2O)C(O)C1O)C(O)/C=C/CCCCCCCCCCCCCCCCCCCC. The van der Waals surface area contributed by atoms with Crippen molar-refractivity contribution in [3.63, 3.8) is 0 Å². The number of carbonyl (C=O) groups excluding carboxylic acids is 1. The van der Waals surface area contributed by atoms with E-state index >= 15 is 0 Å². The van der Waals surface area contributed by atoms with Crippen molar-refractivity contribution in [1.82, 2.24) is 5.32 Å². The minimum Gasteiger partial charge on any atom is -0.394 e. The monoisotopic (exact) mass is 1290 g/mol. The summed E-state index contributed by atoms with van der Waals surface area (Å²) >= 11 is 0. The topological polar surface area (TPSA) is 228 Å². The van der Waals surface area contributed by atoms with Gasteiger partial charge in [0.1, 0.15) is 48.8 Å². The van der Waals surface area contributed by atoms with Crippen LogP contribution < -0.4 is 5.32 Å². The molecule has 0 aromatic heterocycles. The molecule has 0 radical (unpaired) electrons. The first-order chi connectivity index (χ1) is 44.6. The average molecular weight is 1300 g/mol. The van der Waals surface area contributed by atoms with E-state index in [1.54, 1.807) is 6.08 Å². The predicted octanol–water partition coefficient (Wildman–Crippen LogP) is 17.1. The number of aliphatic hydroxyl groups excluding tert-OH is 8. The van der Waals surface area contributed by atoms with Gasteiger partial charge in [-0.15, -0.1) is 0 Å². The Labute approximate surface area is 558 Å². The first-order valence-corrected chi connectivity index (χ1v) is 39.1. The van der Waals surface area contributed by atoms with E-state index in [9.17, 15) is 45.6 Å². The highest BCUT2D eigenvalue weighted by Gasteiger charge is 2.51. The number of hydrogen-bond acceptors (Lipinski definition) is 13. The van der Waals surface area contributed by atoms with Crippen molar-refractivity contribution in [3.05, 3.63) is 24.3 Å². The molecule has 12 atom stereocenters. The van der Waals surface area contributed by atoms with Crippen LogP contribution in [0.5, 0.6) is 0 Å². The molecule has 0 aliphatic carbocycles. The van der Waals surface area contributed by atoms with Crippen LogP contribution in [0.4, 0.5) is 0 Å². The second-order valence-corrected chi connectivity index (χ2v) is 27.8. The first kappa shape index (κ1) is 85.6. The predicted molar refractivity (Wildman–Crippen MR) is 374 cm³/mol. The third kappa shape index (κ3) is 45.6. The van der Waals surface area contributed by atoms with Crippen molar-refractivity contribution >= 4 is 5.91 Å². The normalized spacial score (nSPS) is 22.8. The summed E-state index contributed by atoms with van der Waals surface area (Å²) in [4.78, 5) is 13.4. The van der Waals surface area contributed by atoms with Crippen molar-refractivity contribution in [3.8, 4) is 0 Å². The lowest BCUT2D eigenvalue weighted by atomic mass is 9.97. The van der Waals surface area contributed by atoms with Crippen LogP contribution in [0.1, 0.15) is 367 Å². The minimum absolute atomic E-state index is 0.231. The number of rotatable bonds is 66. The highest BCUT2D eigenvalue weighted by atomic mass is 16.7. The molecule has 0 aromatic rings. The van der Waals surface area contributed by atoms with Crippen molar-refractivity contribution in [2.24, 2.45) is 0 Å². The standard InChI is InChI=1S/C77H147NO13/c1-3-5-7-9-11-13-15-17-19-21-23-25-26-27-28-29-30-31-32-33-34-35-36-37-38-39-40-41-43-45-47-49-51-53-55-57-59-61-69(82)78-65(66(81)60-58-56-54-52-50-48-46-44-42-24-22-20-18-16-14-12-10-8-6-4-2)64-88-76-74(87)72(85)75(68(63-80)90-76)91-77-73(86)71(84)70(83)67(62-79)89-77/h21,23,58,60,65-68,70-77,79-81,83-87H,3-20,22,24-57,59,61-64H2,1-2H3,(H,78,82)/b23-21-,60-58+. The molecule has 2 aliphatic rings. The molecule has 2 rings (SSSR count). The van der Waals surface area contributed by atoms with E-state index in [2.05, 4.69) is 31.3 Å². The van der Waals surface area contributed by atoms with Gasteiger partial charge < -0.3 is 65.1 Å². The Morgan fingerprint density at radius 1 is 0.385 bits per heavy atom. The van der Waals surface area contributed by atoms with Gasteiger partial charge in [-0.3, -0.25) is 4.79 Å². The molecule has 538 valence electrons. The number of allylic oxidation sites excluding steroid dienone is 3. The number of nitrogens with one attached hydrogen (secondary N) is 1. The summed E-state index contributed by atoms with van der Waals surface area (Å²) in [6.07, 6.45) is 62.7. The van der Waals surface area contributed by atoms with Gasteiger partial charge >= 0.3 is 0 Å². The van der Waals surface area contributed by atoms with Gasteiger partial charge in [0.25, 0.3) is 0 Å². The molecule has 2 fully saturated rings. The van der Waals surface area contributed by atoms with E-state index in [-0.39, 0.29) is 18.9 Å². The Morgan fingerprint density at radius 2 is 0.692 bits per heavy atom. The zero-order valence-electron chi connectivity index (χ0n) is 58.9. The Balaban J connectivity index is 1.58. The molecule has 9 N–H and O–H groups in total. The smallest absolute Gasteiger partial charge is 0.220 e. The van der Waals surface area contributed by atoms with Gasteiger partial charge in [0.05, 0.1) is 32.0 Å². The number of amides is 1. The van der Waals surface area contributed by atoms with E-state index in [1.807, 2.05) is 6.08 Å². The number of ether oxygens (including phenoxy) is 4. The molecule has 14 heteroatoms. The third-order valence-electron chi connectivity index (χ3n) is 19.4. The average Bonchev–Trinajstić information content (AvgIpc) is 1.04. The molecule has 1 amide bonds. The molecule has 2 saturated heterocycles. The zero-order chi connectivity index (χ0) is 65.9. The second kappa shape index (κ2) is 62.0. The van der Waals surface area contributed by atoms with Crippen LogP contribution in [0.3, 0.4) is 0 Å². The van der Waals surface area contributed by atoms with Gasteiger partial charge in [-0.05, 0) is 44.9 Å². The lowest BCUT2D eigenvalue weighted by Gasteiger charge is -2.46. The molecular weight excluding hydrogens is 1150 g/mol. The Hall–Kier alpha value is -1.53. The van der Waals surface area contributed by atoms with E-state index < -0.39 is 86.8 Å². The van der Waals surface area contributed by atoms with Crippen molar-refractivity contribution in [2.45, 2.75) is 441 Å². The van der Waals surface area contributed by atoms with E-state index in [1.165, 1.54) is 302 Å². The van der Waals surface area contributed by atoms with Crippen LogP contribution in [-0.2, 0) is 23.7 Å². The maximum atomic E-state index is 13.4. The summed E-state index contributed by atoms with van der Waals surface area (Å²) in [5, 5.41) is 87.5. The highest BCUT2D eigenvalue weighted by molar-refractivity contribution is 5.76. The van der Waals surface area contributed by atoms with E-state index in [0.717, 1.165) is 38.5 Å². The van der Waals surface area contributed by atoms with Crippen LogP contribution >= 0.6 is 0 Å². The molecule has 2 aliphatic heterocycles. The molecule has 12 unspecified atom stereocenters. The number of carbonyl (C=O) groups is 1. The van der Waals surface area contributed by atoms with E-state index in [4.69, 9.17) is 18.9 Å². The van der Waals surface area contributed by atoms with Gasteiger partial charge in [0.15, 0.2) is 12.6 Å². The van der Waals surface area contributed by atoms with Crippen LogP contribution in [0.2, 0.25) is 0 Å². The molecule has 0 bridgehead atoms. The fourth-order valence-electron chi connectivity index (χ4n) is 13.2. The molecule has 91 heavy (non-hydrogen) atoms. The van der Waals surface area contributed by atoms with Crippen molar-refractivity contribution < 1.29 is 64.6 Å². The van der Waals surface area contributed by atoms with Crippen LogP contribution in [0.25, 0.3) is 0 Å². The molecule has 2 heterocycles. The lowest BCUT2D eigenvalue weighted by Crippen LogP contribution is -2.65. The lowest BCUT2D eigenvalue weighted by molar-refractivity contribution is -0.359. The summed E-state index contributed by atoms with van der Waals surface area (Å²) in [6, 6.07) is -0.913. The quantitative estimate of drug-likeness (QED) is 0.0204. The van der Waals surface area contributed by atoms with Gasteiger partial charge in [-0.1, -0.05) is 340 Å². The minimum atomic E-state index is -1.79. The molecule has 0 aromatic carbocycles. The summed E-state index contributed by atoms with van der Waals surface area (Å²) in [5.74, 6) is -0.231. The third-order valence-corrected chi connectivity index (χ3v) is 19.4. The molecule has 14 nitrogen and oxygen atoms in total. The fourth-order valence-corrected chi connectivity index (χ4v) is 13.2. The Bertz CT molecular complexity index is 1620. The summed E-state index contributed by atoms with van der Waals surface area (Å²) in [6.45, 7) is 2.86. The fraction of sp³-hybridized carbons (Fsp3) is 0.935. The number of aliphatic hydroxyl groups is 8. The summed E-state index contributed by atoms with van der Waals surface area (Å²) in [7, 11) is 0. The Morgan fingerprint density at radius 3 is 1.04 bits per heavy atom. The number of hydrogen-bond donors (Lipinski definition) is 9.